The maximum atomic E-state index is 14.6. The zero-order valence-electron chi connectivity index (χ0n) is 23.8. The summed E-state index contributed by atoms with van der Waals surface area (Å²) in [5, 5.41) is 10.4. The molecule has 3 fully saturated rings. The molecule has 1 aromatic rings. The molecule has 0 aliphatic carbocycles. The molecule has 3 aliphatic heterocycles. The summed E-state index contributed by atoms with van der Waals surface area (Å²) in [6, 6.07) is 6.21. The third-order valence-electron chi connectivity index (χ3n) is 8.71. The summed E-state index contributed by atoms with van der Waals surface area (Å²) in [7, 11) is 0. The van der Waals surface area contributed by atoms with Crippen molar-refractivity contribution in [1.82, 2.24) is 4.90 Å². The molecule has 9 nitrogen and oxygen atoms in total. The molecule has 214 valence electrons. The van der Waals surface area contributed by atoms with Gasteiger partial charge in [-0.15, -0.1) is 6.58 Å². The summed E-state index contributed by atoms with van der Waals surface area (Å²) in [6.07, 6.45) is 2.24. The molecule has 0 saturated carbocycles. The second-order valence-corrected chi connectivity index (χ2v) is 11.0. The summed E-state index contributed by atoms with van der Waals surface area (Å²) in [5.41, 5.74) is 0.586. The highest BCUT2D eigenvalue weighted by Gasteiger charge is 2.75. The molecule has 4 rings (SSSR count). The maximum Gasteiger partial charge on any atom is 0.312 e. The molecule has 1 aromatic carbocycles. The van der Waals surface area contributed by atoms with Crippen molar-refractivity contribution in [1.29, 1.82) is 0 Å². The van der Waals surface area contributed by atoms with Crippen LogP contribution in [0, 0.1) is 17.8 Å². The highest BCUT2D eigenvalue weighted by atomic mass is 16.6. The molecule has 0 aromatic heterocycles. The molecule has 2 bridgehead atoms. The molecule has 0 radical (unpaired) electrons. The summed E-state index contributed by atoms with van der Waals surface area (Å²) in [5.74, 6) is -2.80. The number of rotatable bonds is 12. The molecule has 0 unspecified atom stereocenters. The predicted octanol–water partition coefficient (Wildman–Crippen LogP) is 3.01. The number of nitrogens with zero attached hydrogens (tertiary/aromatic N) is 3. The Balaban J connectivity index is 1.78. The van der Waals surface area contributed by atoms with Gasteiger partial charge in [-0.05, 0) is 63.8 Å². The van der Waals surface area contributed by atoms with Crippen molar-refractivity contribution in [2.75, 3.05) is 42.6 Å². The quantitative estimate of drug-likeness (QED) is 0.321. The Hall–Kier alpha value is -2.91. The van der Waals surface area contributed by atoms with Crippen molar-refractivity contribution < 1.29 is 29.0 Å². The largest absolute Gasteiger partial charge is 0.466 e. The van der Waals surface area contributed by atoms with Crippen molar-refractivity contribution >= 4 is 29.2 Å². The zero-order valence-corrected chi connectivity index (χ0v) is 23.8. The van der Waals surface area contributed by atoms with Crippen LogP contribution in [0.2, 0.25) is 0 Å². The van der Waals surface area contributed by atoms with Gasteiger partial charge in [-0.3, -0.25) is 14.4 Å². The van der Waals surface area contributed by atoms with E-state index in [4.69, 9.17) is 9.47 Å². The summed E-state index contributed by atoms with van der Waals surface area (Å²) in [4.78, 5) is 47.1. The van der Waals surface area contributed by atoms with Crippen LogP contribution in [0.5, 0.6) is 0 Å². The summed E-state index contributed by atoms with van der Waals surface area (Å²) in [6.45, 7) is 15.5. The predicted molar refractivity (Wildman–Crippen MR) is 149 cm³/mol. The Bertz CT molecular complexity index is 1070. The topological polar surface area (TPSA) is 99.6 Å². The van der Waals surface area contributed by atoms with Gasteiger partial charge in [-0.2, -0.15) is 0 Å². The number of fused-ring (bicyclic) bond motifs is 1. The van der Waals surface area contributed by atoms with Gasteiger partial charge >= 0.3 is 5.97 Å². The minimum absolute atomic E-state index is 0.121. The Morgan fingerprint density at radius 3 is 2.38 bits per heavy atom. The first-order valence-electron chi connectivity index (χ1n) is 14.2. The molecular formula is C30H43N3O6. The van der Waals surface area contributed by atoms with E-state index in [9.17, 15) is 19.5 Å². The van der Waals surface area contributed by atoms with Gasteiger partial charge in [0, 0.05) is 31.0 Å². The van der Waals surface area contributed by atoms with Crippen LogP contribution < -0.4 is 9.80 Å². The fourth-order valence-electron chi connectivity index (χ4n) is 6.89. The molecule has 39 heavy (non-hydrogen) atoms. The number of carbonyl (C=O) groups is 3. The molecule has 3 saturated heterocycles. The number of aliphatic hydroxyl groups is 1. The lowest BCUT2D eigenvalue weighted by atomic mass is 9.70. The zero-order chi connectivity index (χ0) is 28.5. The molecule has 2 amide bonds. The standard InChI is InChI=1S/C30H43N3O6/c1-7-17-32(21-13-11-20(12-14-21)31(8-2)9-3)28(36)26-30-16-15-23(39-30)24(29(37)38-10-4)25(30)27(35)33(26)22(18-34)19(5)6/h7,11-14,19,22-26,34H,1,8-10,15-18H2,2-6H3/t22-,23-,24+,25+,26-,30+/m0/s1. The van der Waals surface area contributed by atoms with E-state index in [0.29, 0.717) is 18.5 Å². The van der Waals surface area contributed by atoms with E-state index in [1.54, 1.807) is 17.9 Å². The molecule has 3 aliphatic rings. The number of ether oxygens (including phenoxy) is 2. The van der Waals surface area contributed by atoms with Gasteiger partial charge in [0.1, 0.15) is 11.6 Å². The van der Waals surface area contributed by atoms with E-state index in [0.717, 1.165) is 18.8 Å². The van der Waals surface area contributed by atoms with Gasteiger partial charge in [-0.1, -0.05) is 19.9 Å². The summed E-state index contributed by atoms with van der Waals surface area (Å²) >= 11 is 0. The van der Waals surface area contributed by atoms with Gasteiger partial charge in [0.15, 0.2) is 0 Å². The van der Waals surface area contributed by atoms with Crippen molar-refractivity contribution in [3.05, 3.63) is 36.9 Å². The number of hydrogen-bond donors (Lipinski definition) is 1. The van der Waals surface area contributed by atoms with E-state index in [1.807, 2.05) is 38.1 Å². The van der Waals surface area contributed by atoms with Gasteiger partial charge in [0.2, 0.25) is 5.91 Å². The SMILES string of the molecule is C=CCN(C(=O)[C@@H]1N([C@@H](CO)C(C)C)C(=O)[C@H]2[C@H](C(=O)OCC)[C@@H]3CC[C@]12O3)c1ccc(N(CC)CC)cc1. The van der Waals surface area contributed by atoms with Gasteiger partial charge in [0.25, 0.3) is 5.91 Å². The van der Waals surface area contributed by atoms with Gasteiger partial charge < -0.3 is 29.3 Å². The Morgan fingerprint density at radius 2 is 1.85 bits per heavy atom. The lowest BCUT2D eigenvalue weighted by Gasteiger charge is -2.40. The van der Waals surface area contributed by atoms with Crippen LogP contribution in [0.1, 0.15) is 47.5 Å². The van der Waals surface area contributed by atoms with Crippen molar-refractivity contribution in [2.45, 2.75) is 71.2 Å². The first-order chi connectivity index (χ1) is 18.7. The number of esters is 1. The number of anilines is 2. The molecule has 1 spiro atoms. The number of hydrogen-bond acceptors (Lipinski definition) is 7. The van der Waals surface area contributed by atoms with Crippen LogP contribution >= 0.6 is 0 Å². The maximum absolute atomic E-state index is 14.6. The highest BCUT2D eigenvalue weighted by molar-refractivity contribution is 6.05. The Morgan fingerprint density at radius 1 is 1.21 bits per heavy atom. The van der Waals surface area contributed by atoms with Crippen LogP contribution in [0.25, 0.3) is 0 Å². The number of amides is 2. The fourth-order valence-corrected chi connectivity index (χ4v) is 6.89. The highest BCUT2D eigenvalue weighted by Crippen LogP contribution is 2.59. The first kappa shape index (κ1) is 29.1. The minimum Gasteiger partial charge on any atom is -0.466 e. The fraction of sp³-hybridized carbons (Fsp3) is 0.633. The lowest BCUT2D eigenvalue weighted by molar-refractivity contribution is -0.155. The number of likely N-dealkylation sites (tertiary alicyclic amines) is 1. The van der Waals surface area contributed by atoms with Crippen molar-refractivity contribution in [3.8, 4) is 0 Å². The first-order valence-corrected chi connectivity index (χ1v) is 14.2. The molecule has 1 N–H and O–H groups in total. The monoisotopic (exact) mass is 541 g/mol. The molecular weight excluding hydrogens is 498 g/mol. The van der Waals surface area contributed by atoms with Crippen molar-refractivity contribution in [3.63, 3.8) is 0 Å². The third kappa shape index (κ3) is 4.73. The molecule has 6 atom stereocenters. The number of carbonyl (C=O) groups excluding carboxylic acids is 3. The Kier molecular flexibility index (Phi) is 8.71. The van der Waals surface area contributed by atoms with E-state index in [1.165, 1.54) is 4.90 Å². The van der Waals surface area contributed by atoms with Crippen LogP contribution in [0.3, 0.4) is 0 Å². The molecule has 3 heterocycles. The van der Waals surface area contributed by atoms with Crippen LogP contribution in [0.4, 0.5) is 11.4 Å². The van der Waals surface area contributed by atoms with E-state index >= 15 is 0 Å². The number of benzene rings is 1. The van der Waals surface area contributed by atoms with E-state index < -0.39 is 41.6 Å². The van der Waals surface area contributed by atoms with E-state index in [-0.39, 0.29) is 37.5 Å². The van der Waals surface area contributed by atoms with E-state index in [2.05, 4.69) is 25.3 Å². The average Bonchev–Trinajstić information content (AvgIpc) is 3.56. The average molecular weight is 542 g/mol. The van der Waals surface area contributed by atoms with Crippen LogP contribution in [-0.4, -0.2) is 84.4 Å². The Labute approximate surface area is 231 Å². The normalized spacial score (nSPS) is 28.0. The smallest absolute Gasteiger partial charge is 0.312 e. The lowest BCUT2D eigenvalue weighted by Crippen LogP contribution is -2.59. The van der Waals surface area contributed by atoms with Gasteiger partial charge in [-0.25, -0.2) is 0 Å². The van der Waals surface area contributed by atoms with Crippen LogP contribution in [0.15, 0.2) is 36.9 Å². The van der Waals surface area contributed by atoms with Crippen molar-refractivity contribution in [2.24, 2.45) is 17.8 Å². The second kappa shape index (κ2) is 11.7. The summed E-state index contributed by atoms with van der Waals surface area (Å²) < 4.78 is 11.8. The third-order valence-corrected chi connectivity index (χ3v) is 8.71. The molecule has 9 heteroatoms. The minimum atomic E-state index is -1.15. The number of aliphatic hydroxyl groups excluding tert-OH is 1. The van der Waals surface area contributed by atoms with Gasteiger partial charge in [0.05, 0.1) is 37.2 Å². The second-order valence-electron chi connectivity index (χ2n) is 11.0. The van der Waals surface area contributed by atoms with Crippen LogP contribution in [-0.2, 0) is 23.9 Å².